The van der Waals surface area contributed by atoms with Gasteiger partial charge >= 0.3 is 0 Å². The van der Waals surface area contributed by atoms with Crippen LogP contribution in [0.25, 0.3) is 0 Å². The lowest BCUT2D eigenvalue weighted by molar-refractivity contribution is -0.132. The maximum absolute atomic E-state index is 12.9. The number of nitrogens with zero attached hydrogens (tertiary/aromatic N) is 2. The Labute approximate surface area is 120 Å². The van der Waals surface area contributed by atoms with Crippen molar-refractivity contribution < 1.29 is 9.18 Å². The first-order valence-electron chi connectivity index (χ1n) is 7.40. The average Bonchev–Trinajstić information content (AvgIpc) is 3.26. The van der Waals surface area contributed by atoms with Crippen molar-refractivity contribution in [1.82, 2.24) is 9.80 Å². The Bertz CT molecular complexity index is 438. The minimum atomic E-state index is -0.217. The fraction of sp³-hybridized carbons (Fsp3) is 0.562. The normalized spacial score (nSPS) is 14.6. The number of likely N-dealkylation sites (N-methyl/N-ethyl adjacent to an activating group) is 1. The molecule has 0 aromatic heterocycles. The lowest BCUT2D eigenvalue weighted by atomic mass is 10.2. The van der Waals surface area contributed by atoms with Crippen molar-refractivity contribution in [3.8, 4) is 0 Å². The molecule has 1 aliphatic rings. The summed E-state index contributed by atoms with van der Waals surface area (Å²) in [5.41, 5.74) is 1.06. The van der Waals surface area contributed by atoms with Gasteiger partial charge in [-0.05, 0) is 44.4 Å². The summed E-state index contributed by atoms with van der Waals surface area (Å²) < 4.78 is 12.9. The van der Waals surface area contributed by atoms with Crippen LogP contribution < -0.4 is 0 Å². The maximum Gasteiger partial charge on any atom is 0.236 e. The molecule has 1 aromatic rings. The molecular formula is C16H23FN2O. The molecule has 3 nitrogen and oxygen atoms in total. The number of carbonyl (C=O) groups excluding carboxylic acids is 1. The summed E-state index contributed by atoms with van der Waals surface area (Å²) in [4.78, 5) is 16.3. The topological polar surface area (TPSA) is 23.6 Å². The lowest BCUT2D eigenvalue weighted by Gasteiger charge is -2.26. The number of hydrogen-bond acceptors (Lipinski definition) is 2. The van der Waals surface area contributed by atoms with Crippen LogP contribution in [0.5, 0.6) is 0 Å². The zero-order valence-electron chi connectivity index (χ0n) is 12.3. The van der Waals surface area contributed by atoms with Gasteiger partial charge < -0.3 is 4.90 Å². The van der Waals surface area contributed by atoms with Crippen molar-refractivity contribution in [1.29, 1.82) is 0 Å². The van der Waals surface area contributed by atoms with Crippen molar-refractivity contribution in [2.75, 3.05) is 19.6 Å². The number of rotatable bonds is 7. The van der Waals surface area contributed by atoms with Crippen LogP contribution in [0.1, 0.15) is 32.3 Å². The second-order valence-electron chi connectivity index (χ2n) is 5.33. The highest BCUT2D eigenvalue weighted by Gasteiger charge is 2.31. The minimum Gasteiger partial charge on any atom is -0.342 e. The molecule has 1 aliphatic carbocycles. The molecule has 2 rings (SSSR count). The molecule has 1 amide bonds. The second kappa shape index (κ2) is 6.84. The van der Waals surface area contributed by atoms with Gasteiger partial charge in [0.2, 0.25) is 5.91 Å². The maximum atomic E-state index is 12.9. The first kappa shape index (κ1) is 15.0. The van der Waals surface area contributed by atoms with E-state index < -0.39 is 0 Å². The van der Waals surface area contributed by atoms with Crippen LogP contribution in [-0.4, -0.2) is 41.4 Å². The van der Waals surface area contributed by atoms with Crippen LogP contribution in [0, 0.1) is 5.82 Å². The second-order valence-corrected chi connectivity index (χ2v) is 5.33. The van der Waals surface area contributed by atoms with E-state index in [1.165, 1.54) is 12.1 Å². The number of hydrogen-bond donors (Lipinski definition) is 0. The van der Waals surface area contributed by atoms with E-state index in [4.69, 9.17) is 0 Å². The van der Waals surface area contributed by atoms with E-state index in [2.05, 4.69) is 4.90 Å². The standard InChI is InChI=1S/C16H23FN2O/c1-3-18(4-2)16(20)12-19(15-9-10-15)11-13-5-7-14(17)8-6-13/h5-8,15H,3-4,9-12H2,1-2H3. The van der Waals surface area contributed by atoms with Crippen molar-refractivity contribution in [3.63, 3.8) is 0 Å². The zero-order chi connectivity index (χ0) is 14.5. The van der Waals surface area contributed by atoms with E-state index in [1.54, 1.807) is 12.1 Å². The molecule has 0 aliphatic heterocycles. The van der Waals surface area contributed by atoms with E-state index >= 15 is 0 Å². The summed E-state index contributed by atoms with van der Waals surface area (Å²) in [6.45, 7) is 6.70. The van der Waals surface area contributed by atoms with E-state index in [9.17, 15) is 9.18 Å². The molecule has 0 radical (unpaired) electrons. The Morgan fingerprint density at radius 2 is 1.80 bits per heavy atom. The minimum absolute atomic E-state index is 0.184. The predicted octanol–water partition coefficient (Wildman–Crippen LogP) is 2.66. The van der Waals surface area contributed by atoms with E-state index in [-0.39, 0.29) is 11.7 Å². The van der Waals surface area contributed by atoms with Crippen LogP contribution in [0.3, 0.4) is 0 Å². The molecular weight excluding hydrogens is 255 g/mol. The Hall–Kier alpha value is -1.42. The SMILES string of the molecule is CCN(CC)C(=O)CN(Cc1ccc(F)cc1)C1CC1. The van der Waals surface area contributed by atoms with Crippen molar-refractivity contribution in [2.24, 2.45) is 0 Å². The van der Waals surface area contributed by atoms with Gasteiger partial charge in [0.25, 0.3) is 0 Å². The zero-order valence-corrected chi connectivity index (χ0v) is 12.3. The molecule has 1 fully saturated rings. The molecule has 20 heavy (non-hydrogen) atoms. The molecule has 0 N–H and O–H groups in total. The summed E-state index contributed by atoms with van der Waals surface area (Å²) in [5.74, 6) is -0.0325. The van der Waals surface area contributed by atoms with Crippen molar-refractivity contribution in [3.05, 3.63) is 35.6 Å². The van der Waals surface area contributed by atoms with Gasteiger partial charge in [-0.2, -0.15) is 0 Å². The van der Waals surface area contributed by atoms with E-state index in [0.717, 1.165) is 38.0 Å². The summed E-state index contributed by atoms with van der Waals surface area (Å²) in [6, 6.07) is 7.07. The molecule has 0 unspecified atom stereocenters. The summed E-state index contributed by atoms with van der Waals surface area (Å²) in [7, 11) is 0. The Morgan fingerprint density at radius 3 is 2.30 bits per heavy atom. The van der Waals surface area contributed by atoms with Gasteiger partial charge in [0, 0.05) is 25.7 Å². The van der Waals surface area contributed by atoms with Gasteiger partial charge in [-0.1, -0.05) is 12.1 Å². The van der Waals surface area contributed by atoms with Crippen LogP contribution in [0.15, 0.2) is 24.3 Å². The number of amides is 1. The molecule has 0 bridgehead atoms. The number of halogens is 1. The average molecular weight is 278 g/mol. The molecule has 0 spiro atoms. The fourth-order valence-corrected chi connectivity index (χ4v) is 2.43. The summed E-state index contributed by atoms with van der Waals surface area (Å²) in [5, 5.41) is 0. The third kappa shape index (κ3) is 4.04. The highest BCUT2D eigenvalue weighted by Crippen LogP contribution is 2.28. The van der Waals surface area contributed by atoms with Gasteiger partial charge in [0.05, 0.1) is 6.54 Å². The van der Waals surface area contributed by atoms with Crippen molar-refractivity contribution >= 4 is 5.91 Å². The van der Waals surface area contributed by atoms with E-state index in [0.29, 0.717) is 12.6 Å². The molecule has 0 atom stereocenters. The van der Waals surface area contributed by atoms with Gasteiger partial charge in [-0.3, -0.25) is 9.69 Å². The monoisotopic (exact) mass is 278 g/mol. The van der Waals surface area contributed by atoms with Crippen molar-refractivity contribution in [2.45, 2.75) is 39.3 Å². The van der Waals surface area contributed by atoms with Crippen LogP contribution >= 0.6 is 0 Å². The predicted molar refractivity (Wildman–Crippen MR) is 77.8 cm³/mol. The van der Waals surface area contributed by atoms with Crippen LogP contribution in [-0.2, 0) is 11.3 Å². The van der Waals surface area contributed by atoms with Crippen LogP contribution in [0.4, 0.5) is 4.39 Å². The quantitative estimate of drug-likeness (QED) is 0.765. The lowest BCUT2D eigenvalue weighted by Crippen LogP contribution is -2.40. The Kier molecular flexibility index (Phi) is 5.12. The van der Waals surface area contributed by atoms with Gasteiger partial charge in [0.15, 0.2) is 0 Å². The highest BCUT2D eigenvalue weighted by atomic mass is 19.1. The number of benzene rings is 1. The first-order valence-corrected chi connectivity index (χ1v) is 7.40. The third-order valence-corrected chi connectivity index (χ3v) is 3.82. The van der Waals surface area contributed by atoms with Crippen LogP contribution in [0.2, 0.25) is 0 Å². The molecule has 0 heterocycles. The summed E-state index contributed by atoms with van der Waals surface area (Å²) >= 11 is 0. The molecule has 4 heteroatoms. The molecule has 1 aromatic carbocycles. The van der Waals surface area contributed by atoms with Gasteiger partial charge in [-0.15, -0.1) is 0 Å². The molecule has 0 saturated heterocycles. The molecule has 110 valence electrons. The van der Waals surface area contributed by atoms with E-state index in [1.807, 2.05) is 18.7 Å². The van der Waals surface area contributed by atoms with Gasteiger partial charge in [-0.25, -0.2) is 4.39 Å². The Morgan fingerprint density at radius 1 is 1.20 bits per heavy atom. The van der Waals surface area contributed by atoms with Gasteiger partial charge in [0.1, 0.15) is 5.82 Å². The third-order valence-electron chi connectivity index (χ3n) is 3.82. The highest BCUT2D eigenvalue weighted by molar-refractivity contribution is 5.78. The first-order chi connectivity index (χ1) is 9.63. The Balaban J connectivity index is 1.97. The fourth-order valence-electron chi connectivity index (χ4n) is 2.43. The number of carbonyl (C=O) groups is 1. The largest absolute Gasteiger partial charge is 0.342 e. The molecule has 1 saturated carbocycles. The smallest absolute Gasteiger partial charge is 0.236 e. The summed E-state index contributed by atoms with van der Waals surface area (Å²) in [6.07, 6.45) is 2.32.